The summed E-state index contributed by atoms with van der Waals surface area (Å²) in [6, 6.07) is 9.82. The summed E-state index contributed by atoms with van der Waals surface area (Å²) in [5.41, 5.74) is 3.55. The lowest BCUT2D eigenvalue weighted by Gasteiger charge is -2.38. The first-order chi connectivity index (χ1) is 16.4. The number of nitrogens with zero attached hydrogens (tertiary/aromatic N) is 3. The summed E-state index contributed by atoms with van der Waals surface area (Å²) in [6.07, 6.45) is 7.01. The molecule has 2 aliphatic rings. The quantitative estimate of drug-likeness (QED) is 0.657. The van der Waals surface area contributed by atoms with Gasteiger partial charge in [-0.3, -0.25) is 4.79 Å². The maximum absolute atomic E-state index is 13.6. The van der Waals surface area contributed by atoms with Gasteiger partial charge in [0.2, 0.25) is 5.88 Å². The third-order valence-corrected chi connectivity index (χ3v) is 7.44. The van der Waals surface area contributed by atoms with Crippen molar-refractivity contribution in [1.29, 1.82) is 0 Å². The normalized spacial score (nSPS) is 22.3. The molecule has 3 atom stereocenters. The first kappa shape index (κ1) is 24.7. The molecule has 1 fully saturated rings. The number of rotatable bonds is 7. The zero-order valence-corrected chi connectivity index (χ0v) is 21.0. The highest BCUT2D eigenvalue weighted by atomic mass is 16.5. The standard InChI is InChI=1S/C28H39N3O3/c1-19-9-11-23(12-10-19)24-13-25-27(29-14-24)34-26(17-30(4)16-22-7-5-6-8-22)20(2)15-31(28(25)33)21(3)18-32/h9-14,20-22,26,32H,5-8,15-18H2,1-4H3/t20-,21-,26+/m1/s1. The average molecular weight is 466 g/mol. The highest BCUT2D eigenvalue weighted by Gasteiger charge is 2.34. The summed E-state index contributed by atoms with van der Waals surface area (Å²) in [5, 5.41) is 9.88. The smallest absolute Gasteiger partial charge is 0.259 e. The molecule has 1 amide bonds. The van der Waals surface area contributed by atoms with Gasteiger partial charge in [-0.05, 0) is 51.3 Å². The van der Waals surface area contributed by atoms with Gasteiger partial charge in [0.25, 0.3) is 5.91 Å². The molecule has 2 heterocycles. The molecule has 34 heavy (non-hydrogen) atoms. The van der Waals surface area contributed by atoms with Crippen molar-refractivity contribution in [2.45, 2.75) is 58.6 Å². The van der Waals surface area contributed by atoms with Crippen LogP contribution in [0.2, 0.25) is 0 Å². The second-order valence-corrected chi connectivity index (χ2v) is 10.4. The van der Waals surface area contributed by atoms with Crippen LogP contribution in [0.25, 0.3) is 11.1 Å². The molecule has 4 rings (SSSR count). The zero-order valence-electron chi connectivity index (χ0n) is 21.0. The Hall–Kier alpha value is -2.44. The van der Waals surface area contributed by atoms with Gasteiger partial charge in [-0.25, -0.2) is 4.98 Å². The number of carbonyl (C=O) groups excluding carboxylic acids is 1. The SMILES string of the molecule is Cc1ccc(-c2cnc3c(c2)C(=O)N([C@H](C)CO)C[C@@H](C)[C@H](CN(C)CC2CCCC2)O3)cc1. The van der Waals surface area contributed by atoms with Gasteiger partial charge in [-0.2, -0.15) is 0 Å². The predicted octanol–water partition coefficient (Wildman–Crippen LogP) is 4.40. The summed E-state index contributed by atoms with van der Waals surface area (Å²) in [4.78, 5) is 22.4. The number of ether oxygens (including phenoxy) is 1. The van der Waals surface area contributed by atoms with Crippen LogP contribution in [0.3, 0.4) is 0 Å². The summed E-state index contributed by atoms with van der Waals surface area (Å²) >= 11 is 0. The van der Waals surface area contributed by atoms with Crippen LogP contribution < -0.4 is 4.74 Å². The fourth-order valence-corrected chi connectivity index (χ4v) is 5.24. The van der Waals surface area contributed by atoms with Crippen LogP contribution in [0.15, 0.2) is 36.5 Å². The number of carbonyl (C=O) groups is 1. The van der Waals surface area contributed by atoms with Crippen molar-refractivity contribution in [2.24, 2.45) is 11.8 Å². The van der Waals surface area contributed by atoms with Crippen molar-refractivity contribution in [3.63, 3.8) is 0 Å². The van der Waals surface area contributed by atoms with Crippen LogP contribution in [-0.2, 0) is 0 Å². The number of likely N-dealkylation sites (N-methyl/N-ethyl adjacent to an activating group) is 1. The summed E-state index contributed by atoms with van der Waals surface area (Å²) in [5.74, 6) is 1.13. The van der Waals surface area contributed by atoms with E-state index in [9.17, 15) is 9.90 Å². The van der Waals surface area contributed by atoms with Crippen LogP contribution in [-0.4, -0.2) is 71.2 Å². The number of aliphatic hydroxyl groups is 1. The van der Waals surface area contributed by atoms with Crippen molar-refractivity contribution in [1.82, 2.24) is 14.8 Å². The number of aromatic nitrogens is 1. The van der Waals surface area contributed by atoms with E-state index in [1.54, 1.807) is 11.1 Å². The lowest BCUT2D eigenvalue weighted by Crippen LogP contribution is -2.50. The van der Waals surface area contributed by atoms with E-state index in [4.69, 9.17) is 4.74 Å². The molecule has 1 aromatic heterocycles. The van der Waals surface area contributed by atoms with Crippen molar-refractivity contribution in [2.75, 3.05) is 33.3 Å². The molecule has 6 nitrogen and oxygen atoms in total. The Morgan fingerprint density at radius 3 is 2.56 bits per heavy atom. The molecule has 2 aromatic rings. The van der Waals surface area contributed by atoms with Crippen LogP contribution in [0.5, 0.6) is 5.88 Å². The summed E-state index contributed by atoms with van der Waals surface area (Å²) < 4.78 is 6.46. The van der Waals surface area contributed by atoms with E-state index in [1.807, 2.05) is 25.1 Å². The fourth-order valence-electron chi connectivity index (χ4n) is 5.24. The third-order valence-electron chi connectivity index (χ3n) is 7.44. The van der Waals surface area contributed by atoms with E-state index in [-0.39, 0.29) is 30.6 Å². The minimum Gasteiger partial charge on any atom is -0.472 e. The summed E-state index contributed by atoms with van der Waals surface area (Å²) in [7, 11) is 2.17. The number of hydrogen-bond acceptors (Lipinski definition) is 5. The Kier molecular flexibility index (Phi) is 7.89. The van der Waals surface area contributed by atoms with Gasteiger partial charge >= 0.3 is 0 Å². The molecule has 0 saturated heterocycles. The van der Waals surface area contributed by atoms with E-state index in [1.165, 1.54) is 31.2 Å². The molecule has 1 aromatic carbocycles. The maximum atomic E-state index is 13.6. The van der Waals surface area contributed by atoms with E-state index in [0.717, 1.165) is 30.1 Å². The molecular formula is C28H39N3O3. The first-order valence-corrected chi connectivity index (χ1v) is 12.7. The fraction of sp³-hybridized carbons (Fsp3) is 0.571. The number of amides is 1. The topological polar surface area (TPSA) is 65.9 Å². The van der Waals surface area contributed by atoms with E-state index >= 15 is 0 Å². The van der Waals surface area contributed by atoms with E-state index < -0.39 is 0 Å². The monoisotopic (exact) mass is 465 g/mol. The van der Waals surface area contributed by atoms with Crippen molar-refractivity contribution in [3.8, 4) is 17.0 Å². The van der Waals surface area contributed by atoms with Gasteiger partial charge in [0, 0.05) is 37.3 Å². The van der Waals surface area contributed by atoms with E-state index in [0.29, 0.717) is 18.0 Å². The number of benzene rings is 1. The molecule has 0 spiro atoms. The molecule has 6 heteroatoms. The molecule has 184 valence electrons. The van der Waals surface area contributed by atoms with Gasteiger partial charge in [0.15, 0.2) is 0 Å². The zero-order chi connectivity index (χ0) is 24.2. The number of fused-ring (bicyclic) bond motifs is 1. The molecular weight excluding hydrogens is 426 g/mol. The van der Waals surface area contributed by atoms with Crippen molar-refractivity contribution in [3.05, 3.63) is 47.7 Å². The Morgan fingerprint density at radius 2 is 1.88 bits per heavy atom. The number of pyridine rings is 1. The van der Waals surface area contributed by atoms with Gasteiger partial charge in [0.05, 0.1) is 12.6 Å². The Morgan fingerprint density at radius 1 is 1.18 bits per heavy atom. The highest BCUT2D eigenvalue weighted by molar-refractivity contribution is 5.98. The third kappa shape index (κ3) is 5.61. The largest absolute Gasteiger partial charge is 0.472 e. The van der Waals surface area contributed by atoms with Gasteiger partial charge in [-0.15, -0.1) is 0 Å². The molecule has 1 aliphatic carbocycles. The number of aryl methyl sites for hydroxylation is 1. The Balaban J connectivity index is 1.64. The Labute approximate surface area is 203 Å². The minimum atomic E-state index is -0.277. The molecule has 1 N–H and O–H groups in total. The van der Waals surface area contributed by atoms with Gasteiger partial charge in [-0.1, -0.05) is 49.6 Å². The van der Waals surface area contributed by atoms with Crippen molar-refractivity contribution < 1.29 is 14.6 Å². The highest BCUT2D eigenvalue weighted by Crippen LogP contribution is 2.31. The van der Waals surface area contributed by atoms with Crippen LogP contribution >= 0.6 is 0 Å². The lowest BCUT2D eigenvalue weighted by molar-refractivity contribution is 0.0320. The average Bonchev–Trinajstić information content (AvgIpc) is 3.34. The second kappa shape index (κ2) is 10.9. The van der Waals surface area contributed by atoms with Gasteiger partial charge in [0.1, 0.15) is 11.7 Å². The van der Waals surface area contributed by atoms with Crippen LogP contribution in [0.4, 0.5) is 0 Å². The molecule has 0 radical (unpaired) electrons. The number of hydrogen-bond donors (Lipinski definition) is 1. The van der Waals surface area contributed by atoms with Crippen LogP contribution in [0, 0.1) is 18.8 Å². The van der Waals surface area contributed by atoms with Gasteiger partial charge < -0.3 is 19.6 Å². The first-order valence-electron chi connectivity index (χ1n) is 12.7. The number of aliphatic hydroxyl groups excluding tert-OH is 1. The second-order valence-electron chi connectivity index (χ2n) is 10.4. The molecule has 0 bridgehead atoms. The minimum absolute atomic E-state index is 0.0774. The Bertz CT molecular complexity index is 971. The van der Waals surface area contributed by atoms with Crippen molar-refractivity contribution >= 4 is 5.91 Å². The maximum Gasteiger partial charge on any atom is 0.259 e. The lowest BCUT2D eigenvalue weighted by atomic mass is 9.98. The molecule has 1 aliphatic heterocycles. The summed E-state index contributed by atoms with van der Waals surface area (Å²) in [6.45, 7) is 8.40. The molecule has 0 unspecified atom stereocenters. The predicted molar refractivity (Wildman–Crippen MR) is 135 cm³/mol. The molecule has 1 saturated carbocycles. The van der Waals surface area contributed by atoms with E-state index in [2.05, 4.69) is 42.9 Å². The van der Waals surface area contributed by atoms with Crippen LogP contribution in [0.1, 0.15) is 55.5 Å².